The minimum Gasteiger partial charge on any atom is -0.422 e. The molecule has 0 spiro atoms. The molecule has 2 aromatic carbocycles. The summed E-state index contributed by atoms with van der Waals surface area (Å²) >= 11 is 1.26. The molecule has 0 unspecified atom stereocenters. The molecule has 0 aliphatic heterocycles. The summed E-state index contributed by atoms with van der Waals surface area (Å²) in [6.07, 6.45) is -4.37. The first-order valence-corrected chi connectivity index (χ1v) is 8.57. The molecule has 6 heteroatoms. The van der Waals surface area contributed by atoms with E-state index in [2.05, 4.69) is 0 Å². The van der Waals surface area contributed by atoms with Crippen LogP contribution in [0.5, 0.6) is 0 Å². The van der Waals surface area contributed by atoms with Crippen LogP contribution in [0.3, 0.4) is 0 Å². The Morgan fingerprint density at radius 2 is 1.84 bits per heavy atom. The average Bonchev–Trinajstić information content (AvgIpc) is 2.56. The van der Waals surface area contributed by atoms with E-state index in [-0.39, 0.29) is 0 Å². The van der Waals surface area contributed by atoms with E-state index in [4.69, 9.17) is 4.42 Å². The van der Waals surface area contributed by atoms with Crippen molar-refractivity contribution in [2.45, 2.75) is 30.7 Å². The van der Waals surface area contributed by atoms with Crippen molar-refractivity contribution >= 4 is 22.7 Å². The third kappa shape index (κ3) is 3.74. The van der Waals surface area contributed by atoms with Gasteiger partial charge in [0.2, 0.25) is 0 Å². The van der Waals surface area contributed by atoms with E-state index in [9.17, 15) is 18.0 Å². The van der Waals surface area contributed by atoms with E-state index >= 15 is 0 Å². The molecule has 1 heterocycles. The van der Waals surface area contributed by atoms with Gasteiger partial charge in [0.25, 0.3) is 0 Å². The van der Waals surface area contributed by atoms with Gasteiger partial charge in [-0.2, -0.15) is 13.2 Å². The molecule has 0 radical (unpaired) electrons. The lowest BCUT2D eigenvalue weighted by atomic mass is 10.0. The Morgan fingerprint density at radius 3 is 2.56 bits per heavy atom. The standard InChI is InChI=1S/C19H15F3O2S/c1-11-6-7-16-13(8-17(23)24-18(16)12(11)2)10-25-15-5-3-4-14(9-15)19(20,21)22/h3-9H,10H2,1-2H3. The van der Waals surface area contributed by atoms with Gasteiger partial charge in [-0.05, 0) is 48.7 Å². The van der Waals surface area contributed by atoms with Crippen molar-refractivity contribution < 1.29 is 17.6 Å². The maximum absolute atomic E-state index is 12.8. The molecule has 130 valence electrons. The van der Waals surface area contributed by atoms with Gasteiger partial charge in [-0.3, -0.25) is 0 Å². The number of hydrogen-bond acceptors (Lipinski definition) is 3. The van der Waals surface area contributed by atoms with Gasteiger partial charge in [-0.15, -0.1) is 11.8 Å². The molecule has 0 N–H and O–H groups in total. The average molecular weight is 364 g/mol. The number of benzene rings is 2. The first-order chi connectivity index (χ1) is 11.8. The predicted octanol–water partition coefficient (Wildman–Crippen LogP) is 5.72. The lowest BCUT2D eigenvalue weighted by Crippen LogP contribution is -2.04. The fourth-order valence-electron chi connectivity index (χ4n) is 2.57. The molecule has 0 fully saturated rings. The Bertz CT molecular complexity index is 990. The van der Waals surface area contributed by atoms with Crippen LogP contribution < -0.4 is 5.63 Å². The van der Waals surface area contributed by atoms with Gasteiger partial charge in [0.05, 0.1) is 5.56 Å². The minimum atomic E-state index is -4.37. The molecular weight excluding hydrogens is 349 g/mol. The Morgan fingerprint density at radius 1 is 1.08 bits per heavy atom. The molecule has 3 rings (SSSR count). The Hall–Kier alpha value is -2.21. The molecule has 2 nitrogen and oxygen atoms in total. The summed E-state index contributed by atoms with van der Waals surface area (Å²) in [6, 6.07) is 10.4. The van der Waals surface area contributed by atoms with E-state index in [0.29, 0.717) is 16.2 Å². The summed E-state index contributed by atoms with van der Waals surface area (Å²) in [5.41, 5.74) is 2.05. The van der Waals surface area contributed by atoms with E-state index in [0.717, 1.165) is 34.2 Å². The molecular formula is C19H15F3O2S. The van der Waals surface area contributed by atoms with Crippen molar-refractivity contribution in [3.63, 3.8) is 0 Å². The van der Waals surface area contributed by atoms with E-state index in [1.807, 2.05) is 26.0 Å². The first kappa shape index (κ1) is 17.6. The molecule has 0 saturated carbocycles. The predicted molar refractivity (Wildman–Crippen MR) is 93.0 cm³/mol. The monoisotopic (exact) mass is 364 g/mol. The van der Waals surface area contributed by atoms with E-state index in [1.165, 1.54) is 23.9 Å². The lowest BCUT2D eigenvalue weighted by Gasteiger charge is -2.10. The van der Waals surface area contributed by atoms with Gasteiger partial charge >= 0.3 is 11.8 Å². The van der Waals surface area contributed by atoms with Crippen molar-refractivity contribution in [3.05, 3.63) is 75.1 Å². The Balaban J connectivity index is 1.94. The van der Waals surface area contributed by atoms with Crippen LogP contribution in [0.15, 0.2) is 56.6 Å². The first-order valence-electron chi connectivity index (χ1n) is 7.59. The molecule has 25 heavy (non-hydrogen) atoms. The maximum atomic E-state index is 12.8. The lowest BCUT2D eigenvalue weighted by molar-refractivity contribution is -0.137. The zero-order valence-electron chi connectivity index (χ0n) is 13.6. The van der Waals surface area contributed by atoms with Crippen LogP contribution in [0.1, 0.15) is 22.3 Å². The van der Waals surface area contributed by atoms with Crippen LogP contribution in [0.2, 0.25) is 0 Å². The molecule has 1 aromatic heterocycles. The zero-order valence-corrected chi connectivity index (χ0v) is 14.4. The Kier molecular flexibility index (Phi) is 4.64. The fraction of sp³-hybridized carbons (Fsp3) is 0.211. The van der Waals surface area contributed by atoms with Crippen molar-refractivity contribution in [2.24, 2.45) is 0 Å². The summed E-state index contributed by atoms with van der Waals surface area (Å²) in [5.74, 6) is 0.381. The van der Waals surface area contributed by atoms with Crippen molar-refractivity contribution in [2.75, 3.05) is 0 Å². The highest BCUT2D eigenvalue weighted by atomic mass is 32.2. The SMILES string of the molecule is Cc1ccc2c(CSc3cccc(C(F)(F)F)c3)cc(=O)oc2c1C. The second-order valence-electron chi connectivity index (χ2n) is 5.79. The summed E-state index contributed by atoms with van der Waals surface area (Å²) in [6.45, 7) is 3.81. The van der Waals surface area contributed by atoms with E-state index in [1.54, 1.807) is 6.07 Å². The third-order valence-electron chi connectivity index (χ3n) is 4.07. The topological polar surface area (TPSA) is 30.2 Å². The number of fused-ring (bicyclic) bond motifs is 1. The molecule has 0 bridgehead atoms. The quantitative estimate of drug-likeness (QED) is 0.440. The Labute approximate surface area is 146 Å². The van der Waals surface area contributed by atoms with Crippen molar-refractivity contribution in [1.82, 2.24) is 0 Å². The van der Waals surface area contributed by atoms with Gasteiger partial charge in [0.15, 0.2) is 0 Å². The largest absolute Gasteiger partial charge is 0.422 e. The van der Waals surface area contributed by atoms with Crippen LogP contribution in [0.25, 0.3) is 11.0 Å². The normalized spacial score (nSPS) is 11.9. The minimum absolute atomic E-state index is 0.381. The number of hydrogen-bond donors (Lipinski definition) is 0. The number of rotatable bonds is 3. The number of halogens is 3. The van der Waals surface area contributed by atoms with Crippen LogP contribution in [0, 0.1) is 13.8 Å². The highest BCUT2D eigenvalue weighted by molar-refractivity contribution is 7.98. The summed E-state index contributed by atoms with van der Waals surface area (Å²) in [4.78, 5) is 12.3. The van der Waals surface area contributed by atoms with Crippen LogP contribution in [0.4, 0.5) is 13.2 Å². The molecule has 0 aliphatic rings. The van der Waals surface area contributed by atoms with Crippen LogP contribution >= 0.6 is 11.8 Å². The van der Waals surface area contributed by atoms with Gasteiger partial charge < -0.3 is 4.42 Å². The highest BCUT2D eigenvalue weighted by Crippen LogP contribution is 2.33. The molecule has 3 aromatic rings. The second-order valence-corrected chi connectivity index (χ2v) is 6.84. The zero-order chi connectivity index (χ0) is 18.2. The van der Waals surface area contributed by atoms with Crippen LogP contribution in [-0.2, 0) is 11.9 Å². The van der Waals surface area contributed by atoms with Gasteiger partial charge in [0.1, 0.15) is 5.58 Å². The van der Waals surface area contributed by atoms with E-state index < -0.39 is 17.4 Å². The smallest absolute Gasteiger partial charge is 0.416 e. The van der Waals surface area contributed by atoms with Gasteiger partial charge in [-0.25, -0.2) is 4.79 Å². The van der Waals surface area contributed by atoms with Crippen molar-refractivity contribution in [3.8, 4) is 0 Å². The van der Waals surface area contributed by atoms with Gasteiger partial charge in [0, 0.05) is 22.1 Å². The number of thioether (sulfide) groups is 1. The van der Waals surface area contributed by atoms with Crippen LogP contribution in [-0.4, -0.2) is 0 Å². The molecule has 0 aliphatic carbocycles. The van der Waals surface area contributed by atoms with Crippen molar-refractivity contribution in [1.29, 1.82) is 0 Å². The second kappa shape index (κ2) is 6.59. The summed E-state index contributed by atoms with van der Waals surface area (Å²) < 4.78 is 43.8. The summed E-state index contributed by atoms with van der Waals surface area (Å²) in [5, 5.41) is 0.808. The fourth-order valence-corrected chi connectivity index (χ4v) is 3.51. The van der Waals surface area contributed by atoms with Gasteiger partial charge in [-0.1, -0.05) is 18.2 Å². The number of aryl methyl sites for hydroxylation is 2. The third-order valence-corrected chi connectivity index (χ3v) is 5.12. The molecule has 0 saturated heterocycles. The molecule has 0 amide bonds. The number of alkyl halides is 3. The summed E-state index contributed by atoms with van der Waals surface area (Å²) in [7, 11) is 0. The highest BCUT2D eigenvalue weighted by Gasteiger charge is 2.30. The molecule has 0 atom stereocenters. The maximum Gasteiger partial charge on any atom is 0.416 e.